The van der Waals surface area contributed by atoms with E-state index < -0.39 is 17.7 Å². The summed E-state index contributed by atoms with van der Waals surface area (Å²) < 4.78 is 44.7. The lowest BCUT2D eigenvalue weighted by molar-refractivity contribution is -0.139. The first-order valence-corrected chi connectivity index (χ1v) is 13.2. The fourth-order valence-electron chi connectivity index (χ4n) is 5.29. The van der Waals surface area contributed by atoms with Crippen LogP contribution in [0.2, 0.25) is 5.02 Å². The molecule has 206 valence electrons. The summed E-state index contributed by atoms with van der Waals surface area (Å²) in [6.07, 6.45) is 0.896. The van der Waals surface area contributed by atoms with Crippen LogP contribution in [-0.4, -0.2) is 47.7 Å². The third-order valence-electron chi connectivity index (χ3n) is 7.28. The van der Waals surface area contributed by atoms with Crippen LogP contribution in [-0.2, 0) is 17.4 Å². The lowest BCUT2D eigenvalue weighted by atomic mass is 9.80. The van der Waals surface area contributed by atoms with E-state index >= 15 is 0 Å². The lowest BCUT2D eigenvalue weighted by Crippen LogP contribution is -2.41. The molecule has 2 atom stereocenters. The number of likely N-dealkylation sites (tertiary alicyclic amines) is 1. The van der Waals surface area contributed by atoms with Gasteiger partial charge in [0.1, 0.15) is 5.75 Å². The standard InChI is InChI=1S/C30H30ClF3N2O3/c1-39-24-8-10-28-25(18-24)22(11-13-35-28)6-2-5-21-12-15-36(19-23(21)17-29(37)38)14-3-4-20-7-9-27(31)26(16-20)30(32,33)34/h7-11,13,16,18,21,23H,2,5-6,12,14-15,17,19H2,1H3,(H,37,38)/t21-,23+/m1/s1. The minimum Gasteiger partial charge on any atom is -0.497 e. The predicted octanol–water partition coefficient (Wildman–Crippen LogP) is 6.70. The van der Waals surface area contributed by atoms with Gasteiger partial charge in [0.05, 0.1) is 29.8 Å². The Morgan fingerprint density at radius 3 is 2.77 bits per heavy atom. The number of aromatic nitrogens is 1. The van der Waals surface area contributed by atoms with E-state index in [1.165, 1.54) is 17.7 Å². The Bertz CT molecular complexity index is 1380. The summed E-state index contributed by atoms with van der Waals surface area (Å²) in [7, 11) is 1.64. The summed E-state index contributed by atoms with van der Waals surface area (Å²) in [4.78, 5) is 18.1. The summed E-state index contributed by atoms with van der Waals surface area (Å²) in [6, 6.07) is 11.5. The molecule has 0 radical (unpaired) electrons. The summed E-state index contributed by atoms with van der Waals surface area (Å²) in [6.45, 7) is 1.71. The van der Waals surface area contributed by atoms with Crippen molar-refractivity contribution in [2.24, 2.45) is 11.8 Å². The number of benzene rings is 2. The Hall–Kier alpha value is -3.28. The molecule has 0 bridgehead atoms. The van der Waals surface area contributed by atoms with Crippen molar-refractivity contribution in [3.8, 4) is 17.6 Å². The molecule has 1 aliphatic heterocycles. The van der Waals surface area contributed by atoms with Crippen LogP contribution in [0.25, 0.3) is 10.9 Å². The largest absolute Gasteiger partial charge is 0.497 e. The maximum absolute atomic E-state index is 13.1. The Labute approximate surface area is 230 Å². The number of piperidine rings is 1. The van der Waals surface area contributed by atoms with E-state index in [4.69, 9.17) is 16.3 Å². The van der Waals surface area contributed by atoms with Gasteiger partial charge in [-0.2, -0.15) is 13.2 Å². The molecule has 1 saturated heterocycles. The van der Waals surface area contributed by atoms with Gasteiger partial charge in [-0.3, -0.25) is 14.7 Å². The Kier molecular flexibility index (Phi) is 9.36. The lowest BCUT2D eigenvalue weighted by Gasteiger charge is -2.37. The number of carbonyl (C=O) groups is 1. The molecule has 3 aromatic rings. The summed E-state index contributed by atoms with van der Waals surface area (Å²) in [5.74, 6) is 5.96. The molecule has 1 N–H and O–H groups in total. The molecular weight excluding hydrogens is 529 g/mol. The number of rotatable bonds is 8. The average Bonchev–Trinajstić information content (AvgIpc) is 2.89. The van der Waals surface area contributed by atoms with Gasteiger partial charge in [0.15, 0.2) is 0 Å². The molecule has 5 nitrogen and oxygen atoms in total. The number of aryl methyl sites for hydroxylation is 1. The highest BCUT2D eigenvalue weighted by atomic mass is 35.5. The Balaban J connectivity index is 1.36. The van der Waals surface area contributed by atoms with Crippen molar-refractivity contribution >= 4 is 28.5 Å². The number of methoxy groups -OCH3 is 1. The highest BCUT2D eigenvalue weighted by Gasteiger charge is 2.33. The molecule has 4 rings (SSSR count). The molecule has 1 fully saturated rings. The van der Waals surface area contributed by atoms with E-state index in [9.17, 15) is 23.1 Å². The maximum atomic E-state index is 13.1. The molecular formula is C30H30ClF3N2O3. The van der Waals surface area contributed by atoms with E-state index in [0.29, 0.717) is 13.1 Å². The SMILES string of the molecule is COc1ccc2nccc(CCC[C@@H]3CCN(CC#Cc4ccc(Cl)c(C(F)(F)F)c4)C[C@@H]3CC(=O)O)c2c1. The van der Waals surface area contributed by atoms with Crippen LogP contribution >= 0.6 is 11.6 Å². The van der Waals surface area contributed by atoms with Crippen LogP contribution in [0.15, 0.2) is 48.7 Å². The Morgan fingerprint density at radius 1 is 1.21 bits per heavy atom. The predicted molar refractivity (Wildman–Crippen MR) is 145 cm³/mol. The van der Waals surface area contributed by atoms with Gasteiger partial charge in [0, 0.05) is 30.1 Å². The highest BCUT2D eigenvalue weighted by Crippen LogP contribution is 2.35. The first-order chi connectivity index (χ1) is 18.6. The normalized spacial score (nSPS) is 18.0. The van der Waals surface area contributed by atoms with Crippen molar-refractivity contribution in [3.05, 3.63) is 70.4 Å². The van der Waals surface area contributed by atoms with E-state index in [1.54, 1.807) is 7.11 Å². The van der Waals surface area contributed by atoms with Crippen LogP contribution in [0.5, 0.6) is 5.75 Å². The first-order valence-electron chi connectivity index (χ1n) is 12.9. The number of hydrogen-bond donors (Lipinski definition) is 1. The number of aliphatic carboxylic acids is 1. The van der Waals surface area contributed by atoms with Crippen LogP contribution in [0.1, 0.15) is 42.4 Å². The third kappa shape index (κ3) is 7.65. The zero-order valence-electron chi connectivity index (χ0n) is 21.6. The van der Waals surface area contributed by atoms with Crippen LogP contribution in [0.3, 0.4) is 0 Å². The fraction of sp³-hybridized carbons (Fsp3) is 0.400. The summed E-state index contributed by atoms with van der Waals surface area (Å²) >= 11 is 5.68. The van der Waals surface area contributed by atoms with Crippen molar-refractivity contribution < 1.29 is 27.8 Å². The third-order valence-corrected chi connectivity index (χ3v) is 7.61. The van der Waals surface area contributed by atoms with E-state index in [1.807, 2.05) is 30.5 Å². The second kappa shape index (κ2) is 12.7. The zero-order chi connectivity index (χ0) is 28.0. The number of hydrogen-bond acceptors (Lipinski definition) is 4. The van der Waals surface area contributed by atoms with Gasteiger partial charge in [-0.25, -0.2) is 0 Å². The monoisotopic (exact) mass is 558 g/mol. The molecule has 1 aliphatic rings. The maximum Gasteiger partial charge on any atom is 0.417 e. The molecule has 2 heterocycles. The molecule has 0 amide bonds. The summed E-state index contributed by atoms with van der Waals surface area (Å²) in [5.41, 5.74) is 1.44. The minimum absolute atomic E-state index is 0.0142. The van der Waals surface area contributed by atoms with Crippen molar-refractivity contribution in [1.82, 2.24) is 9.88 Å². The molecule has 0 saturated carbocycles. The smallest absolute Gasteiger partial charge is 0.417 e. The van der Waals surface area contributed by atoms with Gasteiger partial charge in [0.25, 0.3) is 0 Å². The second-order valence-corrected chi connectivity index (χ2v) is 10.3. The topological polar surface area (TPSA) is 62.7 Å². The van der Waals surface area contributed by atoms with Gasteiger partial charge >= 0.3 is 12.1 Å². The quantitative estimate of drug-likeness (QED) is 0.312. The van der Waals surface area contributed by atoms with E-state index in [0.717, 1.165) is 54.9 Å². The van der Waals surface area contributed by atoms with Crippen molar-refractivity contribution in [2.45, 2.75) is 38.3 Å². The van der Waals surface area contributed by atoms with Crippen LogP contribution < -0.4 is 4.74 Å². The van der Waals surface area contributed by atoms with Crippen LogP contribution in [0, 0.1) is 23.7 Å². The number of carboxylic acids is 1. The van der Waals surface area contributed by atoms with Gasteiger partial charge in [0.2, 0.25) is 0 Å². The number of pyridine rings is 1. The van der Waals surface area contributed by atoms with Crippen molar-refractivity contribution in [2.75, 3.05) is 26.7 Å². The van der Waals surface area contributed by atoms with E-state index in [2.05, 4.69) is 21.7 Å². The number of ether oxygens (including phenoxy) is 1. The van der Waals surface area contributed by atoms with Gasteiger partial charge in [-0.15, -0.1) is 0 Å². The van der Waals surface area contributed by atoms with Crippen molar-refractivity contribution in [3.63, 3.8) is 0 Å². The van der Waals surface area contributed by atoms with Crippen LogP contribution in [0.4, 0.5) is 13.2 Å². The number of fused-ring (bicyclic) bond motifs is 1. The first kappa shape index (κ1) is 28.7. The second-order valence-electron chi connectivity index (χ2n) is 9.88. The molecule has 2 aromatic carbocycles. The number of halogens is 4. The van der Waals surface area contributed by atoms with Gasteiger partial charge < -0.3 is 9.84 Å². The fourth-order valence-corrected chi connectivity index (χ4v) is 5.52. The molecule has 1 aromatic heterocycles. The molecule has 0 unspecified atom stereocenters. The number of nitrogens with zero attached hydrogens (tertiary/aromatic N) is 2. The van der Waals surface area contributed by atoms with Gasteiger partial charge in [-0.1, -0.05) is 23.4 Å². The number of carboxylic acid groups (broad SMARTS) is 1. The Morgan fingerprint density at radius 2 is 2.03 bits per heavy atom. The average molecular weight is 559 g/mol. The number of alkyl halides is 3. The molecule has 0 spiro atoms. The zero-order valence-corrected chi connectivity index (χ0v) is 22.4. The van der Waals surface area contributed by atoms with Crippen molar-refractivity contribution in [1.29, 1.82) is 0 Å². The van der Waals surface area contributed by atoms with E-state index in [-0.39, 0.29) is 28.8 Å². The minimum atomic E-state index is -4.54. The molecule has 0 aliphatic carbocycles. The molecule has 9 heteroatoms. The molecule has 39 heavy (non-hydrogen) atoms. The van der Waals surface area contributed by atoms with Gasteiger partial charge in [-0.05, 0) is 92.1 Å². The highest BCUT2D eigenvalue weighted by molar-refractivity contribution is 6.31. The summed E-state index contributed by atoms with van der Waals surface area (Å²) in [5, 5.41) is 10.2.